The summed E-state index contributed by atoms with van der Waals surface area (Å²) in [6, 6.07) is 15.2. The number of aromatic amines is 1. The van der Waals surface area contributed by atoms with E-state index < -0.39 is 0 Å². The fourth-order valence-electron chi connectivity index (χ4n) is 2.72. The van der Waals surface area contributed by atoms with Crippen LogP contribution in [0.15, 0.2) is 54.7 Å². The number of nitrogens with one attached hydrogen (secondary N) is 1. The molecule has 3 rings (SSSR count). The Morgan fingerprint density at radius 1 is 1.17 bits per heavy atom. The van der Waals surface area contributed by atoms with Gasteiger partial charge in [0.25, 0.3) is 0 Å². The Kier molecular flexibility index (Phi) is 4.29. The Morgan fingerprint density at radius 2 is 1.92 bits per heavy atom. The zero-order chi connectivity index (χ0) is 17.1. The van der Waals surface area contributed by atoms with Crippen LogP contribution in [0.1, 0.15) is 5.56 Å². The van der Waals surface area contributed by atoms with E-state index in [0.717, 1.165) is 22.1 Å². The Morgan fingerprint density at radius 3 is 2.67 bits per heavy atom. The summed E-state index contributed by atoms with van der Waals surface area (Å²) >= 11 is 0. The lowest BCUT2D eigenvalue weighted by atomic mass is 10.1. The molecule has 0 spiro atoms. The van der Waals surface area contributed by atoms with Gasteiger partial charge in [-0.15, -0.1) is 0 Å². The zero-order valence-electron chi connectivity index (χ0n) is 13.5. The monoisotopic (exact) mass is 324 g/mol. The van der Waals surface area contributed by atoms with Gasteiger partial charge in [0, 0.05) is 6.07 Å². The van der Waals surface area contributed by atoms with Gasteiger partial charge in [0.15, 0.2) is 0 Å². The predicted molar refractivity (Wildman–Crippen MR) is 92.3 cm³/mol. The number of rotatable bonds is 5. The number of pyridine rings is 1. The maximum absolute atomic E-state index is 11.2. The van der Waals surface area contributed by atoms with E-state index in [1.807, 2.05) is 42.3 Å². The van der Waals surface area contributed by atoms with Gasteiger partial charge in [0.1, 0.15) is 12.3 Å². The third kappa shape index (κ3) is 3.12. The number of fused-ring (bicyclic) bond motifs is 1. The van der Waals surface area contributed by atoms with E-state index in [0.29, 0.717) is 12.4 Å². The second-order valence-corrected chi connectivity index (χ2v) is 5.56. The first-order chi connectivity index (χ1) is 11.6. The molecule has 1 aromatic heterocycles. The van der Waals surface area contributed by atoms with E-state index in [-0.39, 0.29) is 10.6 Å². The van der Waals surface area contributed by atoms with Gasteiger partial charge >= 0.3 is 11.5 Å². The van der Waals surface area contributed by atoms with Crippen molar-refractivity contribution in [3.63, 3.8) is 0 Å². The van der Waals surface area contributed by atoms with Crippen molar-refractivity contribution in [3.8, 4) is 5.75 Å². The van der Waals surface area contributed by atoms with Crippen LogP contribution < -0.4 is 14.6 Å². The minimum absolute atomic E-state index is 0.0607. The predicted octanol–water partition coefficient (Wildman–Crippen LogP) is 3.21. The topological polar surface area (TPSA) is 69.8 Å². The van der Waals surface area contributed by atoms with Gasteiger partial charge in [0.05, 0.1) is 25.3 Å². The van der Waals surface area contributed by atoms with Gasteiger partial charge in [-0.1, -0.05) is 18.2 Å². The second kappa shape index (κ2) is 6.54. The van der Waals surface area contributed by atoms with Crippen LogP contribution in [-0.2, 0) is 6.54 Å². The number of H-pyrrole nitrogens is 1. The molecule has 3 aromatic rings. The van der Waals surface area contributed by atoms with Crippen molar-refractivity contribution >= 4 is 22.3 Å². The summed E-state index contributed by atoms with van der Waals surface area (Å²) in [7, 11) is 3.48. The van der Waals surface area contributed by atoms with E-state index in [4.69, 9.17) is 4.74 Å². The van der Waals surface area contributed by atoms with Crippen LogP contribution in [0.25, 0.3) is 10.8 Å². The van der Waals surface area contributed by atoms with E-state index in [9.17, 15) is 10.1 Å². The molecule has 6 heteroatoms. The number of aromatic nitrogens is 1. The third-order valence-electron chi connectivity index (χ3n) is 3.92. The van der Waals surface area contributed by atoms with E-state index in [1.165, 1.54) is 6.07 Å². The fourth-order valence-corrected chi connectivity index (χ4v) is 2.72. The molecule has 6 nitrogen and oxygen atoms in total. The minimum atomic E-state index is -0.380. The molecule has 1 N–H and O–H groups in total. The maximum atomic E-state index is 11.2. The number of hydrogen-bond donors (Lipinski definition) is 0. The highest BCUT2D eigenvalue weighted by Crippen LogP contribution is 2.25. The second-order valence-electron chi connectivity index (χ2n) is 5.56. The molecule has 0 bridgehead atoms. The van der Waals surface area contributed by atoms with E-state index in [2.05, 4.69) is 11.1 Å². The number of nitrogens with zero attached hydrogens (tertiary/aromatic N) is 2. The summed E-state index contributed by atoms with van der Waals surface area (Å²) in [5.74, 6) is 1.30. The van der Waals surface area contributed by atoms with Crippen molar-refractivity contribution in [2.75, 3.05) is 19.1 Å². The van der Waals surface area contributed by atoms with Gasteiger partial charge < -0.3 is 4.74 Å². The molecule has 0 atom stereocenters. The highest BCUT2D eigenvalue weighted by atomic mass is 16.6. The number of benzene rings is 2. The lowest BCUT2D eigenvalue weighted by molar-refractivity contribution is -0.411. The average molecular weight is 324 g/mol. The summed E-state index contributed by atoms with van der Waals surface area (Å²) in [6.45, 7) is 0.559. The lowest BCUT2D eigenvalue weighted by Gasteiger charge is -2.12. The first-order valence-corrected chi connectivity index (χ1v) is 7.51. The first kappa shape index (κ1) is 15.7. The first-order valence-electron chi connectivity index (χ1n) is 7.51. The smallest absolute Gasteiger partial charge is 0.357 e. The average Bonchev–Trinajstić information content (AvgIpc) is 2.61. The Hall–Kier alpha value is -3.15. The van der Waals surface area contributed by atoms with Crippen molar-refractivity contribution in [2.45, 2.75) is 6.54 Å². The molecule has 0 unspecified atom stereocenters. The van der Waals surface area contributed by atoms with Gasteiger partial charge in [-0.3, -0.25) is 15.0 Å². The highest BCUT2D eigenvalue weighted by Gasteiger charge is 2.24. The van der Waals surface area contributed by atoms with Gasteiger partial charge in [-0.25, -0.2) is 4.98 Å². The Balaban J connectivity index is 1.88. The normalized spacial score (nSPS) is 10.6. The number of methoxy groups -OCH3 is 1. The van der Waals surface area contributed by atoms with Crippen LogP contribution in [-0.4, -0.2) is 19.1 Å². The van der Waals surface area contributed by atoms with Crippen LogP contribution in [0.5, 0.6) is 5.75 Å². The van der Waals surface area contributed by atoms with Crippen LogP contribution in [0, 0.1) is 10.1 Å². The molecule has 0 fully saturated rings. The maximum Gasteiger partial charge on any atom is 0.357 e. The number of ether oxygens (including phenoxy) is 1. The number of nitro groups is 1. The molecule has 0 aliphatic carbocycles. The van der Waals surface area contributed by atoms with Gasteiger partial charge in [0.2, 0.25) is 0 Å². The molecule has 0 saturated heterocycles. The summed E-state index contributed by atoms with van der Waals surface area (Å²) in [4.78, 5) is 15.6. The largest absolute Gasteiger partial charge is 0.497 e. The SMILES string of the molecule is COc1ccc2cc(CN(C)c3[nH+]cccc3[N+](=O)[O-])ccc2c1. The zero-order valence-corrected chi connectivity index (χ0v) is 13.5. The highest BCUT2D eigenvalue weighted by molar-refractivity contribution is 5.84. The van der Waals surface area contributed by atoms with E-state index in [1.54, 1.807) is 19.4 Å². The van der Waals surface area contributed by atoms with Crippen molar-refractivity contribution in [1.29, 1.82) is 0 Å². The standard InChI is InChI=1S/C18H17N3O3/c1-20(18-17(21(22)23)4-3-9-19-18)12-13-5-6-15-11-16(24-2)8-7-14(15)10-13/h3-11H,12H2,1-2H3/p+1. The van der Waals surface area contributed by atoms with Crippen LogP contribution in [0.2, 0.25) is 0 Å². The van der Waals surface area contributed by atoms with Crippen molar-refractivity contribution in [2.24, 2.45) is 0 Å². The number of hydrogen-bond acceptors (Lipinski definition) is 4. The third-order valence-corrected chi connectivity index (χ3v) is 3.92. The summed E-state index contributed by atoms with van der Waals surface area (Å²) in [6.07, 6.45) is 1.69. The number of anilines is 1. The van der Waals surface area contributed by atoms with Crippen molar-refractivity contribution in [1.82, 2.24) is 0 Å². The Bertz CT molecular complexity index is 896. The molecule has 1 heterocycles. The summed E-state index contributed by atoms with van der Waals surface area (Å²) < 4.78 is 5.23. The van der Waals surface area contributed by atoms with Gasteiger partial charge in [-0.2, -0.15) is 0 Å². The summed E-state index contributed by atoms with van der Waals surface area (Å²) in [5.41, 5.74) is 1.13. The van der Waals surface area contributed by atoms with Crippen LogP contribution in [0.3, 0.4) is 0 Å². The lowest BCUT2D eigenvalue weighted by Crippen LogP contribution is -2.25. The molecule has 24 heavy (non-hydrogen) atoms. The van der Waals surface area contributed by atoms with Crippen LogP contribution >= 0.6 is 0 Å². The molecular formula is C18H18N3O3+. The molecule has 0 aliphatic rings. The van der Waals surface area contributed by atoms with Gasteiger partial charge in [-0.05, 0) is 40.6 Å². The Labute approximate surface area is 139 Å². The quantitative estimate of drug-likeness (QED) is 0.534. The molecule has 0 radical (unpaired) electrons. The van der Waals surface area contributed by atoms with Crippen molar-refractivity contribution < 1.29 is 14.6 Å². The molecule has 0 aliphatic heterocycles. The molecule has 2 aromatic carbocycles. The summed E-state index contributed by atoms with van der Waals surface area (Å²) in [5, 5.41) is 13.4. The molecular weight excluding hydrogens is 306 g/mol. The molecule has 0 saturated carbocycles. The fraction of sp³-hybridized carbons (Fsp3) is 0.167. The van der Waals surface area contributed by atoms with Crippen molar-refractivity contribution in [3.05, 3.63) is 70.4 Å². The minimum Gasteiger partial charge on any atom is -0.497 e. The molecule has 122 valence electrons. The van der Waals surface area contributed by atoms with E-state index >= 15 is 0 Å². The van der Waals surface area contributed by atoms with Crippen LogP contribution in [0.4, 0.5) is 11.5 Å². The molecule has 0 amide bonds.